The Bertz CT molecular complexity index is 885. The Kier molecular flexibility index (Phi) is 15.6. The number of likely N-dealkylation sites (tertiary alicyclic amines) is 1. The third kappa shape index (κ3) is 16.4. The molecule has 2 aliphatic rings. The average Bonchev–Trinajstić information content (AvgIpc) is 3.46. The number of thiophene rings is 1. The highest BCUT2D eigenvalue weighted by Crippen LogP contribution is 2.24. The lowest BCUT2D eigenvalue weighted by atomic mass is 10.1. The van der Waals surface area contributed by atoms with Gasteiger partial charge in [-0.15, -0.1) is 0 Å². The van der Waals surface area contributed by atoms with Gasteiger partial charge in [0.2, 0.25) is 0 Å². The van der Waals surface area contributed by atoms with Crippen LogP contribution in [0.15, 0.2) is 16.8 Å². The summed E-state index contributed by atoms with van der Waals surface area (Å²) in [5, 5.41) is 25.8. The van der Waals surface area contributed by atoms with Gasteiger partial charge in [0.05, 0.1) is 12.7 Å². The van der Waals surface area contributed by atoms with Crippen molar-refractivity contribution in [1.82, 2.24) is 14.7 Å². The predicted molar refractivity (Wildman–Crippen MR) is 124 cm³/mol. The molecule has 0 aliphatic carbocycles. The van der Waals surface area contributed by atoms with Crippen LogP contribution in [0.2, 0.25) is 0 Å². The van der Waals surface area contributed by atoms with Crippen LogP contribution in [0, 0.1) is 0 Å². The van der Waals surface area contributed by atoms with Gasteiger partial charge in [0.25, 0.3) is 0 Å². The molecule has 2 fully saturated rings. The van der Waals surface area contributed by atoms with Crippen LogP contribution in [-0.4, -0.2) is 132 Å². The molecule has 3 heterocycles. The third-order valence-electron chi connectivity index (χ3n) is 5.04. The third-order valence-corrected chi connectivity index (χ3v) is 5.77. The highest BCUT2D eigenvalue weighted by atomic mass is 32.1. The zero-order valence-electron chi connectivity index (χ0n) is 21.5. The number of ether oxygens (including phenoxy) is 1. The molecule has 238 valence electrons. The molecule has 0 saturated carbocycles. The first kappa shape index (κ1) is 38.3. The van der Waals surface area contributed by atoms with Gasteiger partial charge in [-0.25, -0.2) is 14.4 Å². The molecule has 2 aliphatic heterocycles. The molecule has 1 aromatic rings. The van der Waals surface area contributed by atoms with Crippen LogP contribution < -0.4 is 0 Å². The number of likely N-dealkylation sites (N-methyl/N-ethyl adjacent to an activating group) is 1. The van der Waals surface area contributed by atoms with Crippen molar-refractivity contribution in [2.75, 3.05) is 53.4 Å². The molecule has 3 rings (SSSR count). The Balaban J connectivity index is 0.000000631. The largest absolute Gasteiger partial charge is 0.490 e. The summed E-state index contributed by atoms with van der Waals surface area (Å²) in [7, 11) is 4.30. The standard InChI is InChI=1S/C15H25N3OS.3C2HF3O2/c1-16(2)4-5-18-6-7-19-15-11-17(10-14(15)18)9-13-3-8-20-12-13;3*3-2(4,5)1(6)7/h3,8,12,14-15H,4-7,9-11H2,1-2H3;3*(H,6,7)/t14-,15+;;;/m1.../s1. The number of carboxylic acid groups (broad SMARTS) is 3. The van der Waals surface area contributed by atoms with E-state index in [4.69, 9.17) is 34.4 Å². The first-order valence-electron chi connectivity index (χ1n) is 11.2. The minimum Gasteiger partial charge on any atom is -0.475 e. The van der Waals surface area contributed by atoms with Crippen molar-refractivity contribution < 1.29 is 74.0 Å². The van der Waals surface area contributed by atoms with Gasteiger partial charge >= 0.3 is 36.4 Å². The van der Waals surface area contributed by atoms with Crippen molar-refractivity contribution in [3.8, 4) is 0 Å². The molecule has 2 saturated heterocycles. The van der Waals surface area contributed by atoms with E-state index in [1.807, 2.05) is 0 Å². The van der Waals surface area contributed by atoms with E-state index < -0.39 is 36.4 Å². The summed E-state index contributed by atoms with van der Waals surface area (Å²) in [5.41, 5.74) is 1.44. The van der Waals surface area contributed by atoms with Crippen LogP contribution in [0.4, 0.5) is 39.5 Å². The summed E-state index contributed by atoms with van der Waals surface area (Å²) in [6.07, 6.45) is -14.8. The lowest BCUT2D eigenvalue weighted by molar-refractivity contribution is -0.193. The van der Waals surface area contributed by atoms with Crippen LogP contribution in [-0.2, 0) is 25.7 Å². The van der Waals surface area contributed by atoms with E-state index in [0.29, 0.717) is 12.1 Å². The van der Waals surface area contributed by atoms with Crippen molar-refractivity contribution in [3.63, 3.8) is 0 Å². The highest BCUT2D eigenvalue weighted by Gasteiger charge is 2.40. The van der Waals surface area contributed by atoms with Crippen molar-refractivity contribution >= 4 is 29.2 Å². The molecular formula is C21H28F9N3O7S. The van der Waals surface area contributed by atoms with Gasteiger partial charge in [0, 0.05) is 45.3 Å². The van der Waals surface area contributed by atoms with Gasteiger partial charge < -0.3 is 25.0 Å². The van der Waals surface area contributed by atoms with Crippen molar-refractivity contribution in [3.05, 3.63) is 22.4 Å². The minimum atomic E-state index is -5.08. The first-order valence-corrected chi connectivity index (χ1v) is 12.1. The van der Waals surface area contributed by atoms with E-state index in [-0.39, 0.29) is 0 Å². The number of carbonyl (C=O) groups is 3. The lowest BCUT2D eigenvalue weighted by Gasteiger charge is -2.37. The maximum atomic E-state index is 10.6. The molecule has 0 amide bonds. The molecule has 10 nitrogen and oxygen atoms in total. The van der Waals surface area contributed by atoms with Gasteiger partial charge in [-0.2, -0.15) is 50.9 Å². The average molecular weight is 638 g/mol. The Morgan fingerprint density at radius 2 is 1.39 bits per heavy atom. The maximum Gasteiger partial charge on any atom is 0.490 e. The smallest absolute Gasteiger partial charge is 0.475 e. The monoisotopic (exact) mass is 637 g/mol. The quantitative estimate of drug-likeness (QED) is 0.414. The van der Waals surface area contributed by atoms with Gasteiger partial charge in [-0.3, -0.25) is 9.80 Å². The number of carboxylic acids is 3. The number of aliphatic carboxylic acids is 3. The summed E-state index contributed by atoms with van der Waals surface area (Å²) >= 11 is 1.79. The molecule has 20 heteroatoms. The molecule has 1 aromatic heterocycles. The van der Waals surface area contributed by atoms with E-state index in [1.165, 1.54) is 5.56 Å². The molecule has 3 N–H and O–H groups in total. The molecular weight excluding hydrogens is 609 g/mol. The summed E-state index contributed by atoms with van der Waals surface area (Å²) in [5.74, 6) is -8.27. The molecule has 0 radical (unpaired) electrons. The SMILES string of the molecule is CN(C)CCN1CCO[C@H]2CN(Cc3ccsc3)C[C@H]21.O=C(O)C(F)(F)F.O=C(O)C(F)(F)F.O=C(O)C(F)(F)F. The van der Waals surface area contributed by atoms with E-state index in [0.717, 1.165) is 45.9 Å². The van der Waals surface area contributed by atoms with Crippen LogP contribution in [0.25, 0.3) is 0 Å². The lowest BCUT2D eigenvalue weighted by Crippen LogP contribution is -2.52. The van der Waals surface area contributed by atoms with Crippen LogP contribution >= 0.6 is 11.3 Å². The van der Waals surface area contributed by atoms with Crippen molar-refractivity contribution in [1.29, 1.82) is 0 Å². The Hall–Kier alpha value is -2.68. The number of hydrogen-bond acceptors (Lipinski definition) is 8. The second-order valence-corrected chi connectivity index (χ2v) is 9.33. The zero-order valence-corrected chi connectivity index (χ0v) is 22.3. The molecule has 41 heavy (non-hydrogen) atoms. The van der Waals surface area contributed by atoms with Crippen molar-refractivity contribution in [2.24, 2.45) is 0 Å². The van der Waals surface area contributed by atoms with Crippen LogP contribution in [0.1, 0.15) is 5.56 Å². The number of morpholine rings is 1. The molecule has 0 spiro atoms. The fourth-order valence-corrected chi connectivity index (χ4v) is 3.87. The maximum absolute atomic E-state index is 10.6. The summed E-state index contributed by atoms with van der Waals surface area (Å²) in [6.45, 7) is 7.56. The Morgan fingerprint density at radius 3 is 1.76 bits per heavy atom. The second kappa shape index (κ2) is 16.7. The molecule has 0 unspecified atom stereocenters. The number of fused-ring (bicyclic) bond motifs is 1. The number of alkyl halides is 9. The number of halogens is 9. The first-order chi connectivity index (χ1) is 18.6. The number of rotatable bonds is 5. The molecule has 0 bridgehead atoms. The fraction of sp³-hybridized carbons (Fsp3) is 0.667. The predicted octanol–water partition coefficient (Wildman–Crippen LogP) is 3.09. The summed E-state index contributed by atoms with van der Waals surface area (Å²) in [4.78, 5) is 34.1. The normalized spacial score (nSPS) is 19.5. The molecule has 2 atom stereocenters. The van der Waals surface area contributed by atoms with E-state index in [9.17, 15) is 39.5 Å². The fourth-order valence-electron chi connectivity index (χ4n) is 3.21. The summed E-state index contributed by atoms with van der Waals surface area (Å²) in [6, 6.07) is 2.82. The van der Waals surface area contributed by atoms with Crippen LogP contribution in [0.5, 0.6) is 0 Å². The number of nitrogens with zero attached hydrogens (tertiary/aromatic N) is 3. The molecule has 0 aromatic carbocycles. The highest BCUT2D eigenvalue weighted by molar-refractivity contribution is 7.07. The van der Waals surface area contributed by atoms with Gasteiger partial charge in [0.15, 0.2) is 0 Å². The van der Waals surface area contributed by atoms with E-state index in [2.05, 4.69) is 45.6 Å². The van der Waals surface area contributed by atoms with Gasteiger partial charge in [-0.1, -0.05) is 0 Å². The minimum absolute atomic E-state index is 0.407. The Labute approximate surface area is 231 Å². The van der Waals surface area contributed by atoms with Crippen molar-refractivity contribution in [2.45, 2.75) is 37.2 Å². The summed E-state index contributed by atoms with van der Waals surface area (Å²) < 4.78 is 101. The zero-order chi connectivity index (χ0) is 32.2. The number of hydrogen-bond donors (Lipinski definition) is 3. The van der Waals surface area contributed by atoms with E-state index in [1.54, 1.807) is 11.3 Å². The second-order valence-electron chi connectivity index (χ2n) is 8.55. The van der Waals surface area contributed by atoms with Crippen LogP contribution in [0.3, 0.4) is 0 Å². The van der Waals surface area contributed by atoms with Gasteiger partial charge in [0.1, 0.15) is 0 Å². The Morgan fingerprint density at radius 1 is 0.927 bits per heavy atom. The van der Waals surface area contributed by atoms with Gasteiger partial charge in [-0.05, 0) is 36.5 Å². The topological polar surface area (TPSA) is 131 Å². The van der Waals surface area contributed by atoms with E-state index >= 15 is 0 Å².